The zero-order chi connectivity index (χ0) is 19.9. The number of methoxy groups -OCH3 is 1. The molecule has 0 N–H and O–H groups in total. The van der Waals surface area contributed by atoms with E-state index in [0.29, 0.717) is 28.1 Å². The summed E-state index contributed by atoms with van der Waals surface area (Å²) in [5.74, 6) is 0.650. The number of hydrogen-bond acceptors (Lipinski definition) is 3. The van der Waals surface area contributed by atoms with Gasteiger partial charge >= 0.3 is 0 Å². The summed E-state index contributed by atoms with van der Waals surface area (Å²) in [4.78, 5) is 0. The fourth-order valence-corrected chi connectivity index (χ4v) is 3.11. The molecule has 3 aromatic rings. The van der Waals surface area contributed by atoms with Crippen molar-refractivity contribution in [2.45, 2.75) is 6.61 Å². The van der Waals surface area contributed by atoms with Crippen molar-refractivity contribution in [2.75, 3.05) is 7.11 Å². The van der Waals surface area contributed by atoms with E-state index in [9.17, 15) is 9.65 Å². The standard InChI is InChI=1S/C23H17BrFNO2/c1-27-22-12-17(11-18(14-26)19-9-5-6-10-21(19)25)20(24)13-23(22)28-15-16-7-3-2-4-8-16/h2-13H,15H2,1H3/b18-11-. The molecule has 0 amide bonds. The summed E-state index contributed by atoms with van der Waals surface area (Å²) in [6, 6.07) is 21.6. The zero-order valence-corrected chi connectivity index (χ0v) is 16.7. The van der Waals surface area contributed by atoms with Crippen LogP contribution in [0.2, 0.25) is 0 Å². The summed E-state index contributed by atoms with van der Waals surface area (Å²) in [6.45, 7) is 0.400. The van der Waals surface area contributed by atoms with Gasteiger partial charge in [0.25, 0.3) is 0 Å². The van der Waals surface area contributed by atoms with Crippen molar-refractivity contribution in [1.29, 1.82) is 5.26 Å². The highest BCUT2D eigenvalue weighted by Gasteiger charge is 2.12. The van der Waals surface area contributed by atoms with Gasteiger partial charge in [0.1, 0.15) is 12.4 Å². The maximum Gasteiger partial charge on any atom is 0.162 e. The lowest BCUT2D eigenvalue weighted by Gasteiger charge is -2.13. The Morgan fingerprint density at radius 1 is 1.07 bits per heavy atom. The maximum absolute atomic E-state index is 14.1. The van der Waals surface area contributed by atoms with Gasteiger partial charge in [-0.3, -0.25) is 0 Å². The summed E-state index contributed by atoms with van der Waals surface area (Å²) >= 11 is 3.50. The zero-order valence-electron chi connectivity index (χ0n) is 15.2. The molecule has 0 bridgehead atoms. The molecule has 28 heavy (non-hydrogen) atoms. The van der Waals surface area contributed by atoms with E-state index in [0.717, 1.165) is 5.56 Å². The minimum atomic E-state index is -0.443. The Labute approximate surface area is 171 Å². The Bertz CT molecular complexity index is 1040. The predicted molar refractivity (Wildman–Crippen MR) is 111 cm³/mol. The average Bonchev–Trinajstić information content (AvgIpc) is 2.73. The largest absolute Gasteiger partial charge is 0.493 e. The molecule has 5 heteroatoms. The number of hydrogen-bond donors (Lipinski definition) is 0. The van der Waals surface area contributed by atoms with E-state index >= 15 is 0 Å². The Balaban J connectivity index is 1.92. The van der Waals surface area contributed by atoms with Crippen LogP contribution >= 0.6 is 15.9 Å². The Morgan fingerprint density at radius 3 is 2.46 bits per heavy atom. The lowest BCUT2D eigenvalue weighted by molar-refractivity contribution is 0.284. The Morgan fingerprint density at radius 2 is 1.79 bits per heavy atom. The third kappa shape index (κ3) is 4.59. The minimum absolute atomic E-state index is 0.221. The summed E-state index contributed by atoms with van der Waals surface area (Å²) < 4.78 is 26.1. The SMILES string of the molecule is COc1cc(/C=C(/C#N)c2ccccc2F)c(Br)cc1OCc1ccccc1. The summed E-state index contributed by atoms with van der Waals surface area (Å²) in [7, 11) is 1.55. The van der Waals surface area contributed by atoms with E-state index in [1.54, 1.807) is 43.5 Å². The van der Waals surface area contributed by atoms with E-state index in [-0.39, 0.29) is 11.1 Å². The van der Waals surface area contributed by atoms with E-state index < -0.39 is 5.82 Å². The van der Waals surface area contributed by atoms with Crippen LogP contribution in [-0.4, -0.2) is 7.11 Å². The van der Waals surface area contributed by atoms with Crippen LogP contribution in [0, 0.1) is 17.1 Å². The molecule has 0 saturated heterocycles. The fourth-order valence-electron chi connectivity index (χ4n) is 2.67. The molecule has 3 aromatic carbocycles. The third-order valence-electron chi connectivity index (χ3n) is 4.10. The first kappa shape index (κ1) is 19.7. The van der Waals surface area contributed by atoms with Gasteiger partial charge in [-0.15, -0.1) is 0 Å². The van der Waals surface area contributed by atoms with Crippen LogP contribution < -0.4 is 9.47 Å². The quantitative estimate of drug-likeness (QED) is 0.338. The van der Waals surface area contributed by atoms with Crippen molar-refractivity contribution in [1.82, 2.24) is 0 Å². The first-order valence-corrected chi connectivity index (χ1v) is 9.32. The molecule has 3 nitrogen and oxygen atoms in total. The van der Waals surface area contributed by atoms with Crippen molar-refractivity contribution in [3.8, 4) is 17.6 Å². The van der Waals surface area contributed by atoms with Gasteiger partial charge in [-0.25, -0.2) is 4.39 Å². The lowest BCUT2D eigenvalue weighted by atomic mass is 10.0. The van der Waals surface area contributed by atoms with Crippen molar-refractivity contribution in [2.24, 2.45) is 0 Å². The van der Waals surface area contributed by atoms with Gasteiger partial charge in [-0.1, -0.05) is 64.5 Å². The molecule has 0 aliphatic heterocycles. The molecular weight excluding hydrogens is 421 g/mol. The van der Waals surface area contributed by atoms with Gasteiger partial charge in [-0.2, -0.15) is 5.26 Å². The average molecular weight is 438 g/mol. The highest BCUT2D eigenvalue weighted by molar-refractivity contribution is 9.10. The lowest BCUT2D eigenvalue weighted by Crippen LogP contribution is -1.98. The number of rotatable bonds is 6. The number of benzene rings is 3. The van der Waals surface area contributed by atoms with Crippen molar-refractivity contribution in [3.63, 3.8) is 0 Å². The molecule has 0 atom stereocenters. The molecule has 0 saturated carbocycles. The molecule has 0 aliphatic carbocycles. The summed E-state index contributed by atoms with van der Waals surface area (Å²) in [5.41, 5.74) is 2.19. The van der Waals surface area contributed by atoms with Crippen LogP contribution in [0.25, 0.3) is 11.6 Å². The second-order valence-electron chi connectivity index (χ2n) is 5.95. The van der Waals surface area contributed by atoms with Crippen molar-refractivity contribution in [3.05, 3.63) is 93.7 Å². The van der Waals surface area contributed by atoms with Gasteiger partial charge in [-0.05, 0) is 35.4 Å². The molecule has 0 aliphatic rings. The molecule has 0 heterocycles. The number of halogens is 2. The van der Waals surface area contributed by atoms with E-state index in [1.807, 2.05) is 30.3 Å². The molecular formula is C23H17BrFNO2. The van der Waals surface area contributed by atoms with Crippen molar-refractivity contribution >= 4 is 27.6 Å². The third-order valence-corrected chi connectivity index (χ3v) is 4.79. The monoisotopic (exact) mass is 437 g/mol. The Hall–Kier alpha value is -3.10. The molecule has 0 radical (unpaired) electrons. The van der Waals surface area contributed by atoms with Gasteiger partial charge in [0.15, 0.2) is 11.5 Å². The van der Waals surface area contributed by atoms with Gasteiger partial charge < -0.3 is 9.47 Å². The van der Waals surface area contributed by atoms with Crippen LogP contribution in [0.5, 0.6) is 11.5 Å². The molecule has 0 spiro atoms. The van der Waals surface area contributed by atoms with Crippen LogP contribution in [0.15, 0.2) is 71.2 Å². The number of ether oxygens (including phenoxy) is 2. The van der Waals surface area contributed by atoms with E-state index in [1.165, 1.54) is 6.07 Å². The van der Waals surface area contributed by atoms with Crippen LogP contribution in [0.3, 0.4) is 0 Å². The predicted octanol–water partition coefficient (Wildman–Crippen LogP) is 6.24. The van der Waals surface area contributed by atoms with E-state index in [4.69, 9.17) is 9.47 Å². The van der Waals surface area contributed by atoms with Crippen LogP contribution in [0.1, 0.15) is 16.7 Å². The van der Waals surface area contributed by atoms with Crippen LogP contribution in [-0.2, 0) is 6.61 Å². The summed E-state index contributed by atoms with van der Waals surface area (Å²) in [5, 5.41) is 9.49. The number of nitrogens with zero attached hydrogens (tertiary/aromatic N) is 1. The molecule has 140 valence electrons. The topological polar surface area (TPSA) is 42.2 Å². The molecule has 0 aromatic heterocycles. The first-order valence-electron chi connectivity index (χ1n) is 8.53. The van der Waals surface area contributed by atoms with E-state index in [2.05, 4.69) is 22.0 Å². The fraction of sp³-hybridized carbons (Fsp3) is 0.0870. The maximum atomic E-state index is 14.1. The van der Waals surface area contributed by atoms with Gasteiger partial charge in [0, 0.05) is 10.0 Å². The molecule has 0 fully saturated rings. The Kier molecular flexibility index (Phi) is 6.46. The van der Waals surface area contributed by atoms with Gasteiger partial charge in [0.2, 0.25) is 0 Å². The smallest absolute Gasteiger partial charge is 0.162 e. The minimum Gasteiger partial charge on any atom is -0.493 e. The van der Waals surface area contributed by atoms with Crippen molar-refractivity contribution < 1.29 is 13.9 Å². The number of allylic oxidation sites excluding steroid dienone is 1. The van der Waals surface area contributed by atoms with Crippen LogP contribution in [0.4, 0.5) is 4.39 Å². The molecule has 3 rings (SSSR count). The highest BCUT2D eigenvalue weighted by atomic mass is 79.9. The summed E-state index contributed by atoms with van der Waals surface area (Å²) in [6.07, 6.45) is 1.62. The first-order chi connectivity index (χ1) is 13.6. The molecule has 0 unspecified atom stereocenters. The van der Waals surface area contributed by atoms with Gasteiger partial charge in [0.05, 0.1) is 18.8 Å². The second kappa shape index (κ2) is 9.20. The highest BCUT2D eigenvalue weighted by Crippen LogP contribution is 2.36. The normalized spacial score (nSPS) is 11.0. The second-order valence-corrected chi connectivity index (χ2v) is 6.80. The number of nitriles is 1.